The number of rotatable bonds is 3. The summed E-state index contributed by atoms with van der Waals surface area (Å²) >= 11 is 11.1. The number of pyridine rings is 1. The van der Waals surface area contributed by atoms with Gasteiger partial charge in [0, 0.05) is 18.9 Å². The fraction of sp³-hybridized carbons (Fsp3) is 0.455. The minimum absolute atomic E-state index is 0.222. The Balaban J connectivity index is 2.10. The predicted molar refractivity (Wildman–Crippen MR) is 69.5 cm³/mol. The molecule has 3 nitrogen and oxygen atoms in total. The Kier molecular flexibility index (Phi) is 3.74. The van der Waals surface area contributed by atoms with E-state index >= 15 is 0 Å². The standard InChI is InChI=1S/C11H14ClN3S/c12-9-6-14-4-3-8(9)7-15-5-1-2-10(15)11(13)16/h3-4,6,10H,1-2,5,7H2,(H2,13,16). The third kappa shape index (κ3) is 2.51. The van der Waals surface area contributed by atoms with Gasteiger partial charge in [-0.3, -0.25) is 9.88 Å². The number of nitrogens with zero attached hydrogens (tertiary/aromatic N) is 2. The molecule has 5 heteroatoms. The predicted octanol–water partition coefficient (Wildman–Crippen LogP) is 1.99. The number of likely N-dealkylation sites (tertiary alicyclic amines) is 1. The molecule has 1 fully saturated rings. The van der Waals surface area contributed by atoms with Gasteiger partial charge in [0.05, 0.1) is 16.1 Å². The molecule has 0 saturated carbocycles. The lowest BCUT2D eigenvalue weighted by molar-refractivity contribution is 0.295. The molecule has 0 aliphatic carbocycles. The molecule has 2 N–H and O–H groups in total. The van der Waals surface area contributed by atoms with E-state index in [9.17, 15) is 0 Å². The van der Waals surface area contributed by atoms with Crippen molar-refractivity contribution in [3.63, 3.8) is 0 Å². The summed E-state index contributed by atoms with van der Waals surface area (Å²) in [6.07, 6.45) is 5.62. The number of nitrogens with two attached hydrogens (primary N) is 1. The molecule has 0 radical (unpaired) electrons. The number of hydrogen-bond acceptors (Lipinski definition) is 3. The van der Waals surface area contributed by atoms with Crippen LogP contribution in [-0.4, -0.2) is 27.5 Å². The molecule has 86 valence electrons. The minimum Gasteiger partial charge on any atom is -0.392 e. The SMILES string of the molecule is NC(=S)C1CCCN1Cc1ccncc1Cl. The summed E-state index contributed by atoms with van der Waals surface area (Å²) in [5.74, 6) is 0. The molecule has 1 aromatic heterocycles. The molecule has 1 atom stereocenters. The summed E-state index contributed by atoms with van der Waals surface area (Å²) in [6.45, 7) is 1.82. The first kappa shape index (κ1) is 11.8. The first-order valence-corrected chi connectivity index (χ1v) is 6.09. The van der Waals surface area contributed by atoms with Crippen molar-refractivity contribution in [3.8, 4) is 0 Å². The van der Waals surface area contributed by atoms with Gasteiger partial charge < -0.3 is 5.73 Å². The van der Waals surface area contributed by atoms with E-state index in [2.05, 4.69) is 9.88 Å². The molecule has 0 amide bonds. The minimum atomic E-state index is 0.222. The molecular weight excluding hydrogens is 242 g/mol. The normalized spacial score (nSPS) is 21.2. The van der Waals surface area contributed by atoms with Crippen molar-refractivity contribution >= 4 is 28.8 Å². The zero-order chi connectivity index (χ0) is 11.5. The van der Waals surface area contributed by atoms with Gasteiger partial charge in [0.15, 0.2) is 0 Å². The average molecular weight is 256 g/mol. The average Bonchev–Trinajstić information content (AvgIpc) is 2.69. The zero-order valence-electron chi connectivity index (χ0n) is 8.90. The van der Waals surface area contributed by atoms with E-state index in [4.69, 9.17) is 29.6 Å². The van der Waals surface area contributed by atoms with Crippen LogP contribution in [0.2, 0.25) is 5.02 Å². The van der Waals surface area contributed by atoms with Crippen LogP contribution in [-0.2, 0) is 6.54 Å². The maximum atomic E-state index is 6.08. The Bertz CT molecular complexity index is 397. The molecule has 0 spiro atoms. The van der Waals surface area contributed by atoms with Crippen molar-refractivity contribution in [2.45, 2.75) is 25.4 Å². The van der Waals surface area contributed by atoms with E-state index in [1.165, 1.54) is 0 Å². The smallest absolute Gasteiger partial charge is 0.0902 e. The van der Waals surface area contributed by atoms with Gasteiger partial charge in [0.1, 0.15) is 0 Å². The van der Waals surface area contributed by atoms with Gasteiger partial charge >= 0.3 is 0 Å². The van der Waals surface area contributed by atoms with Crippen LogP contribution < -0.4 is 5.73 Å². The highest BCUT2D eigenvalue weighted by molar-refractivity contribution is 7.80. The summed E-state index contributed by atoms with van der Waals surface area (Å²) in [7, 11) is 0. The molecule has 0 aromatic carbocycles. The van der Waals surface area contributed by atoms with Crippen LogP contribution >= 0.6 is 23.8 Å². The van der Waals surface area contributed by atoms with Crippen molar-refractivity contribution < 1.29 is 0 Å². The number of aromatic nitrogens is 1. The Labute approximate surface area is 106 Å². The van der Waals surface area contributed by atoms with Gasteiger partial charge in [-0.05, 0) is 31.0 Å². The topological polar surface area (TPSA) is 42.1 Å². The molecule has 0 bridgehead atoms. The van der Waals surface area contributed by atoms with Crippen molar-refractivity contribution in [1.29, 1.82) is 0 Å². The molecule has 1 saturated heterocycles. The first-order valence-electron chi connectivity index (χ1n) is 5.30. The number of hydrogen-bond donors (Lipinski definition) is 1. The van der Waals surface area contributed by atoms with Gasteiger partial charge in [0.2, 0.25) is 0 Å². The molecule has 2 heterocycles. The summed E-state index contributed by atoms with van der Waals surface area (Å²) in [5, 5.41) is 0.705. The van der Waals surface area contributed by atoms with Crippen LogP contribution in [0.3, 0.4) is 0 Å². The first-order chi connectivity index (χ1) is 7.68. The highest BCUT2D eigenvalue weighted by Crippen LogP contribution is 2.23. The van der Waals surface area contributed by atoms with Crippen LogP contribution in [0.5, 0.6) is 0 Å². The maximum Gasteiger partial charge on any atom is 0.0902 e. The van der Waals surface area contributed by atoms with E-state index in [1.54, 1.807) is 12.4 Å². The maximum absolute atomic E-state index is 6.08. The van der Waals surface area contributed by atoms with Crippen molar-refractivity contribution in [2.75, 3.05) is 6.54 Å². The molecule has 16 heavy (non-hydrogen) atoms. The Hall–Kier alpha value is -0.710. The summed E-state index contributed by atoms with van der Waals surface area (Å²) in [5.41, 5.74) is 6.81. The van der Waals surface area contributed by atoms with Crippen LogP contribution in [0.15, 0.2) is 18.5 Å². The molecule has 1 aliphatic heterocycles. The van der Waals surface area contributed by atoms with Gasteiger partial charge in [-0.1, -0.05) is 23.8 Å². The number of halogens is 1. The zero-order valence-corrected chi connectivity index (χ0v) is 10.5. The third-order valence-electron chi connectivity index (χ3n) is 2.92. The monoisotopic (exact) mass is 255 g/mol. The van der Waals surface area contributed by atoms with E-state index < -0.39 is 0 Å². The van der Waals surface area contributed by atoms with Gasteiger partial charge in [-0.15, -0.1) is 0 Å². The summed E-state index contributed by atoms with van der Waals surface area (Å²) in [4.78, 5) is 6.84. The van der Waals surface area contributed by atoms with Crippen LogP contribution in [0.1, 0.15) is 18.4 Å². The number of thiocarbonyl (C=S) groups is 1. The lowest BCUT2D eigenvalue weighted by Gasteiger charge is -2.23. The fourth-order valence-corrected chi connectivity index (χ4v) is 2.53. The lowest BCUT2D eigenvalue weighted by atomic mass is 10.2. The van der Waals surface area contributed by atoms with Crippen LogP contribution in [0, 0.1) is 0 Å². The molecule has 1 aliphatic rings. The highest BCUT2D eigenvalue weighted by Gasteiger charge is 2.26. The van der Waals surface area contributed by atoms with E-state index in [0.717, 1.165) is 31.5 Å². The van der Waals surface area contributed by atoms with E-state index in [-0.39, 0.29) is 6.04 Å². The Morgan fingerprint density at radius 3 is 3.19 bits per heavy atom. The van der Waals surface area contributed by atoms with Crippen molar-refractivity contribution in [2.24, 2.45) is 5.73 Å². The highest BCUT2D eigenvalue weighted by atomic mass is 35.5. The van der Waals surface area contributed by atoms with E-state index in [1.807, 2.05) is 6.07 Å². The van der Waals surface area contributed by atoms with Gasteiger partial charge in [-0.25, -0.2) is 0 Å². The summed E-state index contributed by atoms with van der Waals surface area (Å²) < 4.78 is 0. The van der Waals surface area contributed by atoms with Gasteiger partial charge in [-0.2, -0.15) is 0 Å². The lowest BCUT2D eigenvalue weighted by Crippen LogP contribution is -2.38. The molecule has 2 rings (SSSR count). The van der Waals surface area contributed by atoms with Crippen molar-refractivity contribution in [1.82, 2.24) is 9.88 Å². The molecule has 1 aromatic rings. The quantitative estimate of drug-likeness (QED) is 0.839. The van der Waals surface area contributed by atoms with Crippen LogP contribution in [0.4, 0.5) is 0 Å². The molecule has 1 unspecified atom stereocenters. The third-order valence-corrected chi connectivity index (χ3v) is 3.53. The van der Waals surface area contributed by atoms with Gasteiger partial charge in [0.25, 0.3) is 0 Å². The molecular formula is C11H14ClN3S. The van der Waals surface area contributed by atoms with Crippen molar-refractivity contribution in [3.05, 3.63) is 29.0 Å². The van der Waals surface area contributed by atoms with E-state index in [0.29, 0.717) is 10.0 Å². The Morgan fingerprint density at radius 1 is 1.69 bits per heavy atom. The van der Waals surface area contributed by atoms with Crippen LogP contribution in [0.25, 0.3) is 0 Å². The summed E-state index contributed by atoms with van der Waals surface area (Å²) in [6, 6.07) is 2.16. The second-order valence-corrected chi connectivity index (χ2v) is 4.88. The fourth-order valence-electron chi connectivity index (χ4n) is 2.09. The largest absolute Gasteiger partial charge is 0.392 e. The second-order valence-electron chi connectivity index (χ2n) is 4.00. The second kappa shape index (κ2) is 5.08. The Morgan fingerprint density at radius 2 is 2.50 bits per heavy atom.